The normalized spacial score (nSPS) is 13.3. The number of carbonyl (C=O) groups is 5. The third-order valence-electron chi connectivity index (χ3n) is 3.43. The molecule has 0 fully saturated rings. The molecule has 1 heterocycles. The van der Waals surface area contributed by atoms with Crippen molar-refractivity contribution in [3.05, 3.63) is 12.2 Å². The predicted molar refractivity (Wildman–Crippen MR) is 85.6 cm³/mol. The molecular weight excluding hydrogens is 314 g/mol. The van der Waals surface area contributed by atoms with E-state index in [0.29, 0.717) is 25.8 Å². The number of carbonyl (C=O) groups excluding carboxylic acids is 5. The molecular formula is C16H23N3O5. The summed E-state index contributed by atoms with van der Waals surface area (Å²) in [6.45, 7) is 1.96. The van der Waals surface area contributed by atoms with Crippen molar-refractivity contribution >= 4 is 29.4 Å². The highest BCUT2D eigenvalue weighted by Crippen LogP contribution is 2.07. The lowest BCUT2D eigenvalue weighted by atomic mass is 10.2. The first-order valence-electron chi connectivity index (χ1n) is 7.96. The number of hydrogen-bond acceptors (Lipinski definition) is 5. The smallest absolute Gasteiger partial charge is 0.253 e. The number of Topliss-reactive ketones (excluding diaryl/α,β-unsaturated/α-hetero) is 1. The number of nitrogens with one attached hydrogen (secondary N) is 2. The van der Waals surface area contributed by atoms with E-state index in [4.69, 9.17) is 0 Å². The van der Waals surface area contributed by atoms with E-state index in [-0.39, 0.29) is 55.3 Å². The molecule has 0 spiro atoms. The van der Waals surface area contributed by atoms with Gasteiger partial charge in [0.05, 0.1) is 6.54 Å². The first-order valence-corrected chi connectivity index (χ1v) is 7.96. The van der Waals surface area contributed by atoms with Gasteiger partial charge in [0.25, 0.3) is 11.8 Å². The second kappa shape index (κ2) is 10.3. The molecule has 0 atom stereocenters. The molecule has 24 heavy (non-hydrogen) atoms. The molecule has 0 unspecified atom stereocenters. The number of amides is 4. The van der Waals surface area contributed by atoms with Crippen LogP contribution in [0, 0.1) is 0 Å². The highest BCUT2D eigenvalue weighted by molar-refractivity contribution is 6.12. The Morgan fingerprint density at radius 2 is 1.58 bits per heavy atom. The van der Waals surface area contributed by atoms with Crippen molar-refractivity contribution in [1.82, 2.24) is 15.5 Å². The maximum absolute atomic E-state index is 11.6. The van der Waals surface area contributed by atoms with E-state index in [1.807, 2.05) is 0 Å². The topological polar surface area (TPSA) is 113 Å². The molecule has 0 aromatic heterocycles. The Labute approximate surface area is 140 Å². The number of rotatable bonds is 11. The van der Waals surface area contributed by atoms with Gasteiger partial charge in [-0.2, -0.15) is 0 Å². The Bertz CT molecular complexity index is 524. The van der Waals surface area contributed by atoms with Crippen LogP contribution < -0.4 is 10.6 Å². The van der Waals surface area contributed by atoms with Gasteiger partial charge >= 0.3 is 0 Å². The van der Waals surface area contributed by atoms with Crippen molar-refractivity contribution in [1.29, 1.82) is 0 Å². The maximum Gasteiger partial charge on any atom is 0.253 e. The largest absolute Gasteiger partial charge is 0.354 e. The van der Waals surface area contributed by atoms with E-state index in [9.17, 15) is 24.0 Å². The van der Waals surface area contributed by atoms with Crippen molar-refractivity contribution in [3.8, 4) is 0 Å². The number of nitrogens with zero attached hydrogens (tertiary/aromatic N) is 1. The van der Waals surface area contributed by atoms with E-state index in [1.165, 1.54) is 24.0 Å². The Hall–Kier alpha value is -2.51. The van der Waals surface area contributed by atoms with Gasteiger partial charge in [0.15, 0.2) is 0 Å². The summed E-state index contributed by atoms with van der Waals surface area (Å²) in [5.74, 6) is -1.16. The van der Waals surface area contributed by atoms with Crippen LogP contribution in [0.25, 0.3) is 0 Å². The number of imide groups is 1. The van der Waals surface area contributed by atoms with E-state index in [1.54, 1.807) is 0 Å². The van der Waals surface area contributed by atoms with Gasteiger partial charge in [0.2, 0.25) is 11.8 Å². The zero-order valence-corrected chi connectivity index (χ0v) is 13.8. The molecule has 0 aliphatic carbocycles. The molecule has 0 radical (unpaired) electrons. The van der Waals surface area contributed by atoms with Crippen LogP contribution in [0.2, 0.25) is 0 Å². The van der Waals surface area contributed by atoms with Gasteiger partial charge in [-0.05, 0) is 19.8 Å². The van der Waals surface area contributed by atoms with Crippen molar-refractivity contribution in [3.63, 3.8) is 0 Å². The van der Waals surface area contributed by atoms with Gasteiger partial charge in [-0.1, -0.05) is 6.42 Å². The first-order chi connectivity index (χ1) is 11.4. The average molecular weight is 337 g/mol. The molecule has 132 valence electrons. The van der Waals surface area contributed by atoms with Crippen LogP contribution in [0.4, 0.5) is 0 Å². The van der Waals surface area contributed by atoms with Gasteiger partial charge in [-0.3, -0.25) is 28.9 Å². The zero-order valence-electron chi connectivity index (χ0n) is 13.8. The summed E-state index contributed by atoms with van der Waals surface area (Å²) in [4.78, 5) is 57.5. The molecule has 1 rings (SSSR count). The Morgan fingerprint density at radius 1 is 0.917 bits per heavy atom. The minimum Gasteiger partial charge on any atom is -0.354 e. The molecule has 0 saturated heterocycles. The summed E-state index contributed by atoms with van der Waals surface area (Å²) >= 11 is 0. The van der Waals surface area contributed by atoms with Gasteiger partial charge in [-0.15, -0.1) is 0 Å². The summed E-state index contributed by atoms with van der Waals surface area (Å²) < 4.78 is 0. The number of ketones is 1. The monoisotopic (exact) mass is 337 g/mol. The van der Waals surface area contributed by atoms with Crippen molar-refractivity contribution in [2.45, 2.75) is 39.0 Å². The quantitative estimate of drug-likeness (QED) is 0.396. The lowest BCUT2D eigenvalue weighted by Gasteiger charge is -2.13. The van der Waals surface area contributed by atoms with Crippen molar-refractivity contribution in [2.75, 3.05) is 19.6 Å². The molecule has 0 bridgehead atoms. The Morgan fingerprint density at radius 3 is 2.21 bits per heavy atom. The first kappa shape index (κ1) is 19.5. The summed E-state index contributed by atoms with van der Waals surface area (Å²) in [6.07, 6.45) is 5.00. The number of hydrogen-bond donors (Lipinski definition) is 2. The molecule has 4 amide bonds. The predicted octanol–water partition coefficient (Wildman–Crippen LogP) is -0.317. The van der Waals surface area contributed by atoms with Crippen LogP contribution in [0.3, 0.4) is 0 Å². The van der Waals surface area contributed by atoms with Crippen LogP contribution in [0.15, 0.2) is 12.2 Å². The standard InChI is InChI=1S/C16H23N3O5/c1-12(20)8-9-17-14(22)11-18-13(21)5-3-2-4-10-19-15(23)6-7-16(19)24/h6-7H,2-5,8-11H2,1H3,(H,17,22)(H,18,21). The molecule has 0 aromatic carbocycles. The van der Waals surface area contributed by atoms with E-state index >= 15 is 0 Å². The van der Waals surface area contributed by atoms with E-state index in [2.05, 4.69) is 10.6 Å². The van der Waals surface area contributed by atoms with Gasteiger partial charge < -0.3 is 10.6 Å². The number of unbranched alkanes of at least 4 members (excludes halogenated alkanes) is 2. The van der Waals surface area contributed by atoms with Gasteiger partial charge in [0.1, 0.15) is 5.78 Å². The summed E-state index contributed by atoms with van der Waals surface area (Å²) in [6, 6.07) is 0. The fourth-order valence-electron chi connectivity index (χ4n) is 2.09. The summed E-state index contributed by atoms with van der Waals surface area (Å²) in [7, 11) is 0. The molecule has 1 aliphatic rings. The Balaban J connectivity index is 2.02. The molecule has 8 nitrogen and oxygen atoms in total. The second-order valence-corrected chi connectivity index (χ2v) is 5.55. The molecule has 0 aromatic rings. The van der Waals surface area contributed by atoms with Crippen molar-refractivity contribution in [2.24, 2.45) is 0 Å². The summed E-state index contributed by atoms with van der Waals surface area (Å²) in [5, 5.41) is 5.04. The lowest BCUT2D eigenvalue weighted by Crippen LogP contribution is -2.37. The molecule has 0 saturated carbocycles. The van der Waals surface area contributed by atoms with E-state index in [0.717, 1.165) is 0 Å². The molecule has 2 N–H and O–H groups in total. The van der Waals surface area contributed by atoms with Crippen molar-refractivity contribution < 1.29 is 24.0 Å². The van der Waals surface area contributed by atoms with Gasteiger partial charge in [-0.25, -0.2) is 0 Å². The fourth-order valence-corrected chi connectivity index (χ4v) is 2.09. The molecule has 8 heteroatoms. The Kier molecular flexibility index (Phi) is 8.38. The fraction of sp³-hybridized carbons (Fsp3) is 0.562. The van der Waals surface area contributed by atoms with Gasteiger partial charge in [0, 0.05) is 38.1 Å². The van der Waals surface area contributed by atoms with Crippen LogP contribution in [0.5, 0.6) is 0 Å². The SMILES string of the molecule is CC(=O)CCNC(=O)CNC(=O)CCCCCN1C(=O)C=CC1=O. The summed E-state index contributed by atoms with van der Waals surface area (Å²) in [5.41, 5.74) is 0. The third kappa shape index (κ3) is 7.66. The third-order valence-corrected chi connectivity index (χ3v) is 3.43. The van der Waals surface area contributed by atoms with Crippen LogP contribution in [-0.4, -0.2) is 53.9 Å². The maximum atomic E-state index is 11.6. The van der Waals surface area contributed by atoms with E-state index < -0.39 is 0 Å². The van der Waals surface area contributed by atoms with Crippen LogP contribution >= 0.6 is 0 Å². The zero-order chi connectivity index (χ0) is 17.9. The highest BCUT2D eigenvalue weighted by Gasteiger charge is 2.22. The van der Waals surface area contributed by atoms with Crippen LogP contribution in [0.1, 0.15) is 39.0 Å². The second-order valence-electron chi connectivity index (χ2n) is 5.55. The van der Waals surface area contributed by atoms with Crippen LogP contribution in [-0.2, 0) is 24.0 Å². The minimum atomic E-state index is -0.330. The average Bonchev–Trinajstić information content (AvgIpc) is 2.84. The lowest BCUT2D eigenvalue weighted by molar-refractivity contribution is -0.137. The molecule has 1 aliphatic heterocycles. The minimum absolute atomic E-state index is 0.00699. The highest BCUT2D eigenvalue weighted by atomic mass is 16.2.